The molecule has 1 aromatic heterocycles. The van der Waals surface area contributed by atoms with E-state index in [4.69, 9.17) is 0 Å². The summed E-state index contributed by atoms with van der Waals surface area (Å²) in [4.78, 5) is 12.2. The largest absolute Gasteiger partial charge is 0.293 e. The van der Waals surface area contributed by atoms with Gasteiger partial charge in [-0.1, -0.05) is 17.8 Å². The SMILES string of the molecule is CCCc1nnsc1C(=O)CCS(C)(=O)=O. The molecule has 1 aromatic rings. The molecule has 0 radical (unpaired) electrons. The minimum Gasteiger partial charge on any atom is -0.293 e. The Kier molecular flexibility index (Phi) is 4.55. The van der Waals surface area contributed by atoms with Crippen molar-refractivity contribution in [3.8, 4) is 0 Å². The Balaban J connectivity index is 2.69. The van der Waals surface area contributed by atoms with Gasteiger partial charge in [-0.25, -0.2) is 8.42 Å². The maximum Gasteiger partial charge on any atom is 0.177 e. The molecule has 0 bridgehead atoms. The average Bonchev–Trinajstić information content (AvgIpc) is 2.62. The predicted octanol–water partition coefficient (Wildman–Crippen LogP) is 1.11. The van der Waals surface area contributed by atoms with Crippen LogP contribution in [0.25, 0.3) is 0 Å². The van der Waals surface area contributed by atoms with E-state index in [9.17, 15) is 13.2 Å². The summed E-state index contributed by atoms with van der Waals surface area (Å²) < 4.78 is 25.6. The van der Waals surface area contributed by atoms with Gasteiger partial charge >= 0.3 is 0 Å². The van der Waals surface area contributed by atoms with Crippen molar-refractivity contribution in [1.82, 2.24) is 9.59 Å². The zero-order valence-corrected chi connectivity index (χ0v) is 10.9. The second-order valence-corrected chi connectivity index (χ2v) is 6.62. The minimum atomic E-state index is -3.09. The third-order valence-electron chi connectivity index (χ3n) is 2.00. The second-order valence-electron chi connectivity index (χ2n) is 3.60. The molecular formula is C9H14N2O3S2. The molecule has 0 aromatic carbocycles. The van der Waals surface area contributed by atoms with Gasteiger partial charge in [0, 0.05) is 12.7 Å². The summed E-state index contributed by atoms with van der Waals surface area (Å²) >= 11 is 1.04. The topological polar surface area (TPSA) is 77.0 Å². The van der Waals surface area contributed by atoms with Crippen LogP contribution in [0.2, 0.25) is 0 Å². The van der Waals surface area contributed by atoms with Crippen LogP contribution in [0.5, 0.6) is 0 Å². The van der Waals surface area contributed by atoms with Gasteiger partial charge in [-0.3, -0.25) is 4.79 Å². The zero-order chi connectivity index (χ0) is 12.2. The molecule has 0 fully saturated rings. The Hall–Kier alpha value is -0.820. The molecule has 0 saturated carbocycles. The van der Waals surface area contributed by atoms with E-state index in [1.807, 2.05) is 6.92 Å². The van der Waals surface area contributed by atoms with E-state index >= 15 is 0 Å². The third kappa shape index (κ3) is 3.97. The lowest BCUT2D eigenvalue weighted by Crippen LogP contribution is -2.10. The predicted molar refractivity (Wildman–Crippen MR) is 62.6 cm³/mol. The molecule has 0 saturated heterocycles. The quantitative estimate of drug-likeness (QED) is 0.718. The van der Waals surface area contributed by atoms with Crippen molar-refractivity contribution in [2.24, 2.45) is 0 Å². The number of hydrogen-bond acceptors (Lipinski definition) is 6. The van der Waals surface area contributed by atoms with Gasteiger partial charge in [0.25, 0.3) is 0 Å². The van der Waals surface area contributed by atoms with E-state index in [0.717, 1.165) is 24.2 Å². The molecule has 0 atom stereocenters. The standard InChI is InChI=1S/C9H14N2O3S2/c1-3-4-7-9(15-11-10-7)8(12)5-6-16(2,13)14/h3-6H2,1-2H3. The Bertz CT molecular complexity index is 465. The van der Waals surface area contributed by atoms with Crippen molar-refractivity contribution < 1.29 is 13.2 Å². The number of aryl methyl sites for hydroxylation is 1. The van der Waals surface area contributed by atoms with Gasteiger partial charge in [-0.2, -0.15) is 0 Å². The molecule has 0 spiro atoms. The molecule has 0 amide bonds. The monoisotopic (exact) mass is 262 g/mol. The first-order valence-corrected chi connectivity index (χ1v) is 7.79. The molecule has 5 nitrogen and oxygen atoms in total. The molecule has 0 N–H and O–H groups in total. The van der Waals surface area contributed by atoms with E-state index < -0.39 is 9.84 Å². The van der Waals surface area contributed by atoms with E-state index in [1.54, 1.807) is 0 Å². The molecule has 90 valence electrons. The van der Waals surface area contributed by atoms with Crippen LogP contribution in [0, 0.1) is 0 Å². The summed E-state index contributed by atoms with van der Waals surface area (Å²) in [5, 5.41) is 3.87. The number of ketones is 1. The Morgan fingerprint density at radius 1 is 1.44 bits per heavy atom. The summed E-state index contributed by atoms with van der Waals surface area (Å²) in [6, 6.07) is 0. The molecule has 0 unspecified atom stereocenters. The number of Topliss-reactive ketones (excluding diaryl/α,β-unsaturated/α-hetero) is 1. The molecule has 16 heavy (non-hydrogen) atoms. The molecule has 7 heteroatoms. The number of aromatic nitrogens is 2. The summed E-state index contributed by atoms with van der Waals surface area (Å²) in [7, 11) is -3.09. The zero-order valence-electron chi connectivity index (χ0n) is 9.26. The van der Waals surface area contributed by atoms with Gasteiger partial charge in [0.2, 0.25) is 0 Å². The molecule has 1 rings (SSSR count). The van der Waals surface area contributed by atoms with Gasteiger partial charge in [-0.15, -0.1) is 5.10 Å². The normalized spacial score (nSPS) is 11.6. The highest BCUT2D eigenvalue weighted by Crippen LogP contribution is 2.15. The maximum absolute atomic E-state index is 11.7. The van der Waals surface area contributed by atoms with Crippen LogP contribution < -0.4 is 0 Å². The van der Waals surface area contributed by atoms with Crippen molar-refractivity contribution in [1.29, 1.82) is 0 Å². The number of sulfone groups is 1. The number of carbonyl (C=O) groups excluding carboxylic acids is 1. The van der Waals surface area contributed by atoms with Crippen molar-refractivity contribution in [3.63, 3.8) is 0 Å². The number of rotatable bonds is 6. The highest BCUT2D eigenvalue weighted by atomic mass is 32.2. The van der Waals surface area contributed by atoms with Crippen LogP contribution >= 0.6 is 11.5 Å². The van der Waals surface area contributed by atoms with E-state index in [2.05, 4.69) is 9.59 Å². The first-order valence-electron chi connectivity index (χ1n) is 4.96. The van der Waals surface area contributed by atoms with E-state index in [-0.39, 0.29) is 18.0 Å². The first kappa shape index (κ1) is 13.2. The van der Waals surface area contributed by atoms with Crippen LogP contribution in [0.1, 0.15) is 35.1 Å². The lowest BCUT2D eigenvalue weighted by Gasteiger charge is -1.98. The fourth-order valence-electron chi connectivity index (χ4n) is 1.21. The highest BCUT2D eigenvalue weighted by Gasteiger charge is 2.17. The second kappa shape index (κ2) is 5.49. The smallest absolute Gasteiger partial charge is 0.177 e. The fraction of sp³-hybridized carbons (Fsp3) is 0.667. The minimum absolute atomic E-state index is 0.0133. The highest BCUT2D eigenvalue weighted by molar-refractivity contribution is 7.90. The van der Waals surface area contributed by atoms with Crippen molar-refractivity contribution in [2.75, 3.05) is 12.0 Å². The van der Waals surface area contributed by atoms with Gasteiger partial charge < -0.3 is 0 Å². The molecule has 0 aliphatic heterocycles. The van der Waals surface area contributed by atoms with Crippen molar-refractivity contribution in [3.05, 3.63) is 10.6 Å². The number of hydrogen-bond donors (Lipinski definition) is 0. The molecule has 1 heterocycles. The fourth-order valence-corrected chi connectivity index (χ4v) is 2.44. The first-order chi connectivity index (χ1) is 7.44. The van der Waals surface area contributed by atoms with Crippen molar-refractivity contribution in [2.45, 2.75) is 26.2 Å². The Labute approximate surface area is 99.0 Å². The van der Waals surface area contributed by atoms with Crippen LogP contribution in [-0.2, 0) is 16.3 Å². The Morgan fingerprint density at radius 3 is 2.69 bits per heavy atom. The summed E-state index contributed by atoms with van der Waals surface area (Å²) in [5.74, 6) is -0.293. The van der Waals surface area contributed by atoms with Gasteiger partial charge in [0.15, 0.2) is 5.78 Å². The van der Waals surface area contributed by atoms with Crippen LogP contribution in [-0.4, -0.2) is 35.8 Å². The van der Waals surface area contributed by atoms with Crippen LogP contribution in [0.15, 0.2) is 0 Å². The number of nitrogens with zero attached hydrogens (tertiary/aromatic N) is 2. The molecule has 0 aliphatic carbocycles. The molecule has 0 aliphatic rings. The number of carbonyl (C=O) groups is 1. The van der Waals surface area contributed by atoms with Gasteiger partial charge in [0.05, 0.1) is 11.4 Å². The van der Waals surface area contributed by atoms with Crippen molar-refractivity contribution >= 4 is 27.2 Å². The van der Waals surface area contributed by atoms with Crippen LogP contribution in [0.4, 0.5) is 0 Å². The lowest BCUT2D eigenvalue weighted by atomic mass is 10.1. The van der Waals surface area contributed by atoms with Gasteiger partial charge in [0.1, 0.15) is 14.7 Å². The third-order valence-corrected chi connectivity index (χ3v) is 3.75. The Morgan fingerprint density at radius 2 is 2.12 bits per heavy atom. The maximum atomic E-state index is 11.7. The molecular weight excluding hydrogens is 248 g/mol. The lowest BCUT2D eigenvalue weighted by molar-refractivity contribution is 0.0991. The van der Waals surface area contributed by atoms with E-state index in [1.165, 1.54) is 0 Å². The average molecular weight is 262 g/mol. The van der Waals surface area contributed by atoms with E-state index in [0.29, 0.717) is 17.0 Å². The summed E-state index contributed by atoms with van der Waals surface area (Å²) in [5.41, 5.74) is 0.686. The summed E-state index contributed by atoms with van der Waals surface area (Å²) in [6.07, 6.45) is 2.73. The van der Waals surface area contributed by atoms with Crippen LogP contribution in [0.3, 0.4) is 0 Å². The van der Waals surface area contributed by atoms with Gasteiger partial charge in [-0.05, 0) is 18.0 Å². The summed E-state index contributed by atoms with van der Waals surface area (Å²) in [6.45, 7) is 1.99.